The molecule has 0 N–H and O–H groups in total. The van der Waals surface area contributed by atoms with Gasteiger partial charge in [0.05, 0.1) is 6.20 Å². The maximum atomic E-state index is 11.6. The van der Waals surface area contributed by atoms with E-state index in [1.54, 1.807) is 18.4 Å². The van der Waals surface area contributed by atoms with Crippen LogP contribution in [0.3, 0.4) is 0 Å². The lowest BCUT2D eigenvalue weighted by atomic mass is 10.1. The minimum atomic E-state index is 0.0106. The van der Waals surface area contributed by atoms with E-state index in [-0.39, 0.29) is 5.78 Å². The van der Waals surface area contributed by atoms with E-state index >= 15 is 0 Å². The van der Waals surface area contributed by atoms with Gasteiger partial charge in [0.2, 0.25) is 0 Å². The van der Waals surface area contributed by atoms with E-state index in [1.165, 1.54) is 11.0 Å². The Kier molecular flexibility index (Phi) is 2.41. The van der Waals surface area contributed by atoms with Gasteiger partial charge in [-0.05, 0) is 22.4 Å². The van der Waals surface area contributed by atoms with Crippen molar-refractivity contribution in [1.82, 2.24) is 15.0 Å². The molecule has 14 heavy (non-hydrogen) atoms. The van der Waals surface area contributed by atoms with Crippen molar-refractivity contribution in [1.29, 1.82) is 0 Å². The number of nitrogens with zero attached hydrogens (tertiary/aromatic N) is 3. The SMILES string of the molecule is Cn1ncc(C(=O)Cc2ccsc2)n1. The largest absolute Gasteiger partial charge is 0.292 e. The third-order valence-corrected chi connectivity index (χ3v) is 2.56. The molecule has 0 radical (unpaired) electrons. The number of aryl methyl sites for hydroxylation is 1. The predicted molar refractivity (Wildman–Crippen MR) is 53.4 cm³/mol. The Morgan fingerprint density at radius 1 is 1.64 bits per heavy atom. The van der Waals surface area contributed by atoms with Crippen molar-refractivity contribution in [3.63, 3.8) is 0 Å². The number of carbonyl (C=O) groups is 1. The zero-order valence-corrected chi connectivity index (χ0v) is 8.49. The first-order chi connectivity index (χ1) is 6.75. The predicted octanol–water partition coefficient (Wildman–Crippen LogP) is 1.30. The van der Waals surface area contributed by atoms with E-state index in [0.29, 0.717) is 12.1 Å². The molecule has 0 unspecified atom stereocenters. The van der Waals surface area contributed by atoms with Gasteiger partial charge < -0.3 is 0 Å². The smallest absolute Gasteiger partial charge is 0.189 e. The summed E-state index contributed by atoms with van der Waals surface area (Å²) in [5.74, 6) is 0.0106. The number of ketones is 1. The summed E-state index contributed by atoms with van der Waals surface area (Å²) >= 11 is 1.59. The Morgan fingerprint density at radius 2 is 2.50 bits per heavy atom. The van der Waals surface area contributed by atoms with Gasteiger partial charge in [-0.3, -0.25) is 4.79 Å². The van der Waals surface area contributed by atoms with E-state index in [0.717, 1.165) is 5.56 Å². The minimum Gasteiger partial charge on any atom is -0.292 e. The van der Waals surface area contributed by atoms with Gasteiger partial charge in [0.25, 0.3) is 0 Å². The topological polar surface area (TPSA) is 47.8 Å². The molecule has 0 aliphatic heterocycles. The normalized spacial score (nSPS) is 10.4. The van der Waals surface area contributed by atoms with Gasteiger partial charge in [0.1, 0.15) is 5.69 Å². The van der Waals surface area contributed by atoms with Crippen molar-refractivity contribution in [2.24, 2.45) is 7.05 Å². The maximum absolute atomic E-state index is 11.6. The summed E-state index contributed by atoms with van der Waals surface area (Å²) in [6, 6.07) is 1.94. The summed E-state index contributed by atoms with van der Waals surface area (Å²) in [5.41, 5.74) is 1.46. The fraction of sp³-hybridized carbons (Fsp3) is 0.222. The monoisotopic (exact) mass is 207 g/mol. The number of thiophene rings is 1. The van der Waals surface area contributed by atoms with Crippen LogP contribution in [0.1, 0.15) is 16.1 Å². The molecule has 0 amide bonds. The van der Waals surface area contributed by atoms with Gasteiger partial charge in [-0.1, -0.05) is 0 Å². The molecule has 2 heterocycles. The molecule has 0 aromatic carbocycles. The van der Waals surface area contributed by atoms with Crippen molar-refractivity contribution in [2.75, 3.05) is 0 Å². The lowest BCUT2D eigenvalue weighted by Gasteiger charge is -1.92. The van der Waals surface area contributed by atoms with Crippen molar-refractivity contribution in [3.05, 3.63) is 34.3 Å². The van der Waals surface area contributed by atoms with Crippen LogP contribution >= 0.6 is 11.3 Å². The van der Waals surface area contributed by atoms with Crippen LogP contribution < -0.4 is 0 Å². The van der Waals surface area contributed by atoms with Gasteiger partial charge >= 0.3 is 0 Å². The van der Waals surface area contributed by atoms with Crippen molar-refractivity contribution >= 4 is 17.1 Å². The van der Waals surface area contributed by atoms with E-state index < -0.39 is 0 Å². The van der Waals surface area contributed by atoms with Crippen molar-refractivity contribution < 1.29 is 4.79 Å². The number of rotatable bonds is 3. The Bertz CT molecular complexity index is 433. The number of aromatic nitrogens is 3. The van der Waals surface area contributed by atoms with Crippen LogP contribution in [0.4, 0.5) is 0 Å². The van der Waals surface area contributed by atoms with Crippen LogP contribution in [0.2, 0.25) is 0 Å². The fourth-order valence-corrected chi connectivity index (χ4v) is 1.81. The molecule has 0 fully saturated rings. The molecule has 72 valence electrons. The molecule has 0 saturated carbocycles. The van der Waals surface area contributed by atoms with Crippen molar-refractivity contribution in [2.45, 2.75) is 6.42 Å². The molecule has 5 heteroatoms. The zero-order valence-electron chi connectivity index (χ0n) is 7.67. The second kappa shape index (κ2) is 3.71. The lowest BCUT2D eigenvalue weighted by Crippen LogP contribution is -2.04. The standard InChI is InChI=1S/C9H9N3OS/c1-12-10-5-8(11-12)9(13)4-7-2-3-14-6-7/h2-3,5-6H,4H2,1H3. The first-order valence-corrected chi connectivity index (χ1v) is 5.10. The Hall–Kier alpha value is -1.49. The van der Waals surface area contributed by atoms with Crippen molar-refractivity contribution in [3.8, 4) is 0 Å². The molecule has 0 bridgehead atoms. The summed E-state index contributed by atoms with van der Waals surface area (Å²) in [4.78, 5) is 13.0. The maximum Gasteiger partial charge on any atom is 0.189 e. The average Bonchev–Trinajstić information content (AvgIpc) is 2.75. The molecule has 0 aliphatic rings. The van der Waals surface area contributed by atoms with Crippen LogP contribution in [0.25, 0.3) is 0 Å². The summed E-state index contributed by atoms with van der Waals surface area (Å²) in [6.45, 7) is 0. The van der Waals surface area contributed by atoms with Crippen LogP contribution in [0.5, 0.6) is 0 Å². The van der Waals surface area contributed by atoms with Crippen LogP contribution in [-0.4, -0.2) is 20.8 Å². The molecule has 0 spiro atoms. The molecule has 2 rings (SSSR count). The van der Waals surface area contributed by atoms with Crippen LogP contribution in [0.15, 0.2) is 23.0 Å². The van der Waals surface area contributed by atoms with Gasteiger partial charge in [-0.2, -0.15) is 26.3 Å². The van der Waals surface area contributed by atoms with Gasteiger partial charge in [-0.15, -0.1) is 0 Å². The number of Topliss-reactive ketones (excluding diaryl/α,β-unsaturated/α-hetero) is 1. The molecule has 0 saturated heterocycles. The Labute approximate surface area is 85.2 Å². The highest BCUT2D eigenvalue weighted by molar-refractivity contribution is 7.08. The summed E-state index contributed by atoms with van der Waals surface area (Å²) < 4.78 is 0. The quantitative estimate of drug-likeness (QED) is 0.713. The van der Waals surface area contributed by atoms with Crippen LogP contribution in [0, 0.1) is 0 Å². The molecule has 0 aliphatic carbocycles. The minimum absolute atomic E-state index is 0.0106. The average molecular weight is 207 g/mol. The molecule has 0 atom stereocenters. The van der Waals surface area contributed by atoms with Gasteiger partial charge in [0, 0.05) is 13.5 Å². The summed E-state index contributed by atoms with van der Waals surface area (Å²) in [7, 11) is 1.70. The van der Waals surface area contributed by atoms with E-state index in [1.807, 2.05) is 16.8 Å². The first-order valence-electron chi connectivity index (χ1n) is 4.16. The Balaban J connectivity index is 2.10. The lowest BCUT2D eigenvalue weighted by molar-refractivity contribution is 0.0987. The summed E-state index contributed by atoms with van der Waals surface area (Å²) in [6.07, 6.45) is 1.90. The third kappa shape index (κ3) is 1.88. The number of carbonyl (C=O) groups excluding carboxylic acids is 1. The summed E-state index contributed by atoms with van der Waals surface area (Å²) in [5, 5.41) is 11.7. The highest BCUT2D eigenvalue weighted by Crippen LogP contribution is 2.09. The molecule has 2 aromatic rings. The van der Waals surface area contributed by atoms with Gasteiger partial charge in [0.15, 0.2) is 5.78 Å². The zero-order chi connectivity index (χ0) is 9.97. The molecular weight excluding hydrogens is 198 g/mol. The highest BCUT2D eigenvalue weighted by atomic mass is 32.1. The second-order valence-electron chi connectivity index (χ2n) is 2.95. The highest BCUT2D eigenvalue weighted by Gasteiger charge is 2.10. The number of hydrogen-bond donors (Lipinski definition) is 0. The van der Waals surface area contributed by atoms with Crippen LogP contribution in [-0.2, 0) is 13.5 Å². The van der Waals surface area contributed by atoms with E-state index in [2.05, 4.69) is 10.2 Å². The van der Waals surface area contributed by atoms with Gasteiger partial charge in [-0.25, -0.2) is 0 Å². The second-order valence-corrected chi connectivity index (χ2v) is 3.73. The van der Waals surface area contributed by atoms with E-state index in [4.69, 9.17) is 0 Å². The van der Waals surface area contributed by atoms with E-state index in [9.17, 15) is 4.79 Å². The fourth-order valence-electron chi connectivity index (χ4n) is 1.14. The molecule has 4 nitrogen and oxygen atoms in total. The molecular formula is C9H9N3OS. The third-order valence-electron chi connectivity index (χ3n) is 1.83. The first kappa shape index (κ1) is 9.08. The molecule has 2 aromatic heterocycles. The number of hydrogen-bond acceptors (Lipinski definition) is 4. The Morgan fingerprint density at radius 3 is 3.07 bits per heavy atom.